The van der Waals surface area contributed by atoms with E-state index in [4.69, 9.17) is 4.74 Å². The number of nitrogens with one attached hydrogen (secondary N) is 1. The molecule has 0 bridgehead atoms. The molecule has 0 saturated heterocycles. The van der Waals surface area contributed by atoms with Gasteiger partial charge in [0.2, 0.25) is 5.91 Å². The number of hydrogen-bond acceptors (Lipinski definition) is 7. The number of carbonyl (C=O) groups is 2. The summed E-state index contributed by atoms with van der Waals surface area (Å²) in [6.07, 6.45) is 0. The highest BCUT2D eigenvalue weighted by molar-refractivity contribution is 5.96. The Bertz CT molecular complexity index is 719. The lowest BCUT2D eigenvalue weighted by molar-refractivity contribution is -0.122. The molecule has 0 unspecified atom stereocenters. The molecular formula is C14H19N5O4. The van der Waals surface area contributed by atoms with E-state index in [9.17, 15) is 9.59 Å². The first kappa shape index (κ1) is 16.7. The number of rotatable bonds is 7. The van der Waals surface area contributed by atoms with Crippen molar-refractivity contribution in [2.75, 3.05) is 13.2 Å². The van der Waals surface area contributed by atoms with Crippen molar-refractivity contribution in [1.82, 2.24) is 25.4 Å². The highest BCUT2D eigenvalue weighted by atomic mass is 16.6. The summed E-state index contributed by atoms with van der Waals surface area (Å²) in [4.78, 5) is 23.5. The fourth-order valence-electron chi connectivity index (χ4n) is 2.25. The topological polar surface area (TPSA) is 112 Å². The first-order valence-corrected chi connectivity index (χ1v) is 7.13. The molecule has 0 radical (unpaired) electrons. The number of nitrogens with zero attached hydrogens (tertiary/aromatic N) is 4. The summed E-state index contributed by atoms with van der Waals surface area (Å²) in [5.41, 5.74) is 2.43. The van der Waals surface area contributed by atoms with Gasteiger partial charge in [-0.1, -0.05) is 5.16 Å². The maximum atomic E-state index is 11.9. The summed E-state index contributed by atoms with van der Waals surface area (Å²) >= 11 is 0. The van der Waals surface area contributed by atoms with Crippen LogP contribution in [0.1, 0.15) is 34.4 Å². The fourth-order valence-corrected chi connectivity index (χ4v) is 2.25. The lowest BCUT2D eigenvalue weighted by Gasteiger charge is -2.07. The fraction of sp³-hybridized carbons (Fsp3) is 0.500. The largest absolute Gasteiger partial charge is 0.472 e. The van der Waals surface area contributed by atoms with E-state index in [0.717, 1.165) is 0 Å². The summed E-state index contributed by atoms with van der Waals surface area (Å²) in [5, 5.41) is 14.1. The molecule has 2 rings (SSSR count). The number of ether oxygens (including phenoxy) is 1. The van der Waals surface area contributed by atoms with Gasteiger partial charge in [0, 0.05) is 5.69 Å². The van der Waals surface area contributed by atoms with Gasteiger partial charge in [-0.25, -0.2) is 4.63 Å². The molecule has 2 aromatic heterocycles. The van der Waals surface area contributed by atoms with Gasteiger partial charge in [0.15, 0.2) is 5.78 Å². The molecule has 0 aliphatic rings. The molecule has 0 spiro atoms. The van der Waals surface area contributed by atoms with Crippen LogP contribution in [0.2, 0.25) is 0 Å². The molecule has 1 amide bonds. The Labute approximate surface area is 133 Å². The van der Waals surface area contributed by atoms with Crippen LogP contribution in [0.3, 0.4) is 0 Å². The van der Waals surface area contributed by atoms with E-state index in [2.05, 4.69) is 25.4 Å². The predicted octanol–water partition coefficient (Wildman–Crippen LogP) is 0.589. The quantitative estimate of drug-likeness (QED) is 0.586. The molecule has 0 aliphatic carbocycles. The Morgan fingerprint density at radius 1 is 1.22 bits per heavy atom. The zero-order valence-corrected chi connectivity index (χ0v) is 13.5. The Hall–Kier alpha value is -2.71. The van der Waals surface area contributed by atoms with Crippen molar-refractivity contribution in [3.8, 4) is 5.88 Å². The van der Waals surface area contributed by atoms with Crippen molar-refractivity contribution in [3.63, 3.8) is 0 Å². The monoisotopic (exact) mass is 321 g/mol. The first-order valence-electron chi connectivity index (χ1n) is 7.13. The molecule has 0 fully saturated rings. The summed E-state index contributed by atoms with van der Waals surface area (Å²) < 4.78 is 11.3. The van der Waals surface area contributed by atoms with Crippen molar-refractivity contribution in [3.05, 3.63) is 22.6 Å². The van der Waals surface area contributed by atoms with E-state index < -0.39 is 0 Å². The average molecular weight is 321 g/mol. The van der Waals surface area contributed by atoms with Crippen LogP contribution in [-0.4, -0.2) is 44.9 Å². The van der Waals surface area contributed by atoms with Gasteiger partial charge in [0.25, 0.3) is 5.88 Å². The van der Waals surface area contributed by atoms with Crippen molar-refractivity contribution in [1.29, 1.82) is 0 Å². The molecule has 2 aromatic rings. The van der Waals surface area contributed by atoms with Gasteiger partial charge in [0.1, 0.15) is 18.8 Å². The Morgan fingerprint density at radius 3 is 2.52 bits per heavy atom. The van der Waals surface area contributed by atoms with Gasteiger partial charge in [-0.3, -0.25) is 14.3 Å². The van der Waals surface area contributed by atoms with Crippen LogP contribution in [0, 0.1) is 20.8 Å². The number of aryl methyl sites for hydroxylation is 2. The van der Waals surface area contributed by atoms with E-state index >= 15 is 0 Å². The van der Waals surface area contributed by atoms with Crippen molar-refractivity contribution in [2.24, 2.45) is 0 Å². The van der Waals surface area contributed by atoms with Crippen LogP contribution in [0.4, 0.5) is 0 Å². The number of aromatic nitrogens is 4. The second-order valence-corrected chi connectivity index (χ2v) is 5.11. The van der Waals surface area contributed by atoms with Crippen LogP contribution in [-0.2, 0) is 11.3 Å². The second kappa shape index (κ2) is 7.03. The molecule has 1 N–H and O–H groups in total. The van der Waals surface area contributed by atoms with E-state index in [0.29, 0.717) is 35.1 Å². The highest BCUT2D eigenvalue weighted by Gasteiger charge is 2.16. The third-order valence-electron chi connectivity index (χ3n) is 3.30. The average Bonchev–Trinajstić information content (AvgIpc) is 2.99. The van der Waals surface area contributed by atoms with E-state index in [1.54, 1.807) is 20.8 Å². The number of amides is 1. The maximum Gasteiger partial charge on any atom is 0.278 e. The first-order chi connectivity index (χ1) is 10.9. The number of carbonyl (C=O) groups excluding carboxylic acids is 2. The van der Waals surface area contributed by atoms with Crippen LogP contribution in [0.15, 0.2) is 4.63 Å². The normalized spacial score (nSPS) is 10.6. The Balaban J connectivity index is 1.82. The molecule has 23 heavy (non-hydrogen) atoms. The van der Waals surface area contributed by atoms with Gasteiger partial charge in [-0.15, -0.1) is 0 Å². The molecule has 0 aromatic carbocycles. The maximum absolute atomic E-state index is 11.9. The molecule has 9 nitrogen and oxygen atoms in total. The van der Waals surface area contributed by atoms with Crippen molar-refractivity contribution in [2.45, 2.75) is 34.2 Å². The van der Waals surface area contributed by atoms with Gasteiger partial charge in [-0.05, 0) is 32.9 Å². The summed E-state index contributed by atoms with van der Waals surface area (Å²) in [7, 11) is 0. The van der Waals surface area contributed by atoms with Gasteiger partial charge in [0.05, 0.1) is 17.8 Å². The summed E-state index contributed by atoms with van der Waals surface area (Å²) in [6, 6.07) is 0. The van der Waals surface area contributed by atoms with E-state index in [-0.39, 0.29) is 24.8 Å². The molecule has 0 atom stereocenters. The highest BCUT2D eigenvalue weighted by Crippen LogP contribution is 2.13. The molecule has 2 heterocycles. The third-order valence-corrected chi connectivity index (χ3v) is 3.30. The molecular weight excluding hydrogens is 302 g/mol. The zero-order valence-electron chi connectivity index (χ0n) is 13.5. The molecule has 9 heteroatoms. The number of Topliss-reactive ketones (excluding diaryl/α,β-unsaturated/α-hetero) is 1. The predicted molar refractivity (Wildman–Crippen MR) is 79.2 cm³/mol. The SMILES string of the molecule is CC(=O)c1c(C)nn(CC(=O)NCCOc2nonc2C)c1C. The van der Waals surface area contributed by atoms with E-state index in [1.807, 2.05) is 0 Å². The van der Waals surface area contributed by atoms with Gasteiger partial charge < -0.3 is 10.1 Å². The van der Waals surface area contributed by atoms with Crippen LogP contribution in [0.5, 0.6) is 5.88 Å². The van der Waals surface area contributed by atoms with Gasteiger partial charge in [-0.2, -0.15) is 5.10 Å². The van der Waals surface area contributed by atoms with Gasteiger partial charge >= 0.3 is 0 Å². The van der Waals surface area contributed by atoms with Crippen LogP contribution >= 0.6 is 0 Å². The lowest BCUT2D eigenvalue weighted by atomic mass is 10.1. The van der Waals surface area contributed by atoms with Crippen molar-refractivity contribution >= 4 is 11.7 Å². The number of ketones is 1. The smallest absolute Gasteiger partial charge is 0.278 e. The van der Waals surface area contributed by atoms with E-state index in [1.165, 1.54) is 11.6 Å². The van der Waals surface area contributed by atoms with Crippen LogP contribution < -0.4 is 10.1 Å². The molecule has 0 saturated carbocycles. The van der Waals surface area contributed by atoms with Crippen molar-refractivity contribution < 1.29 is 19.0 Å². The lowest BCUT2D eigenvalue weighted by Crippen LogP contribution is -2.31. The van der Waals surface area contributed by atoms with Crippen LogP contribution in [0.25, 0.3) is 0 Å². The molecule has 0 aliphatic heterocycles. The minimum Gasteiger partial charge on any atom is -0.472 e. The summed E-state index contributed by atoms with van der Waals surface area (Å²) in [5.74, 6) is 0.0323. The third kappa shape index (κ3) is 3.93. The summed E-state index contributed by atoms with van der Waals surface area (Å²) in [6.45, 7) is 7.32. The second-order valence-electron chi connectivity index (χ2n) is 5.11. The molecule has 124 valence electrons. The minimum absolute atomic E-state index is 0.0461. The Morgan fingerprint density at radius 2 is 1.96 bits per heavy atom. The zero-order chi connectivity index (χ0) is 17.0. The number of hydrogen-bond donors (Lipinski definition) is 1. The minimum atomic E-state index is -0.218. The Kier molecular flexibility index (Phi) is 5.09. The standard InChI is InChI=1S/C14H19N5O4/c1-8-13(11(4)20)10(3)19(16-8)7-12(21)15-5-6-22-14-9(2)17-23-18-14/h5-7H2,1-4H3,(H,15,21).